The van der Waals surface area contributed by atoms with Crippen molar-refractivity contribution < 1.29 is 4.43 Å². The SMILES string of the molecule is CCSC1(SCC)CC1O[Si](C)(C)C. The third kappa shape index (κ3) is 3.47. The Labute approximate surface area is 97.9 Å². The van der Waals surface area contributed by atoms with Gasteiger partial charge in [-0.25, -0.2) is 0 Å². The van der Waals surface area contributed by atoms with Crippen molar-refractivity contribution in [3.05, 3.63) is 0 Å². The molecule has 1 aliphatic carbocycles. The smallest absolute Gasteiger partial charge is 0.184 e. The molecule has 0 aromatic carbocycles. The predicted molar refractivity (Wildman–Crippen MR) is 71.8 cm³/mol. The maximum Gasteiger partial charge on any atom is 0.184 e. The summed E-state index contributed by atoms with van der Waals surface area (Å²) in [5, 5.41) is 0. The van der Waals surface area contributed by atoms with E-state index in [1.54, 1.807) is 0 Å². The van der Waals surface area contributed by atoms with Gasteiger partial charge in [-0.05, 0) is 31.1 Å². The van der Waals surface area contributed by atoms with Gasteiger partial charge < -0.3 is 4.43 Å². The van der Waals surface area contributed by atoms with Gasteiger partial charge in [0.15, 0.2) is 8.32 Å². The van der Waals surface area contributed by atoms with Gasteiger partial charge in [0.25, 0.3) is 0 Å². The molecule has 0 saturated heterocycles. The molecule has 14 heavy (non-hydrogen) atoms. The molecule has 1 unspecified atom stereocenters. The van der Waals surface area contributed by atoms with Gasteiger partial charge in [0.2, 0.25) is 0 Å². The lowest BCUT2D eigenvalue weighted by Gasteiger charge is -2.21. The van der Waals surface area contributed by atoms with Gasteiger partial charge in [0.1, 0.15) is 0 Å². The van der Waals surface area contributed by atoms with Crippen molar-refractivity contribution in [3.8, 4) is 0 Å². The molecule has 1 aliphatic rings. The zero-order chi connectivity index (χ0) is 10.8. The summed E-state index contributed by atoms with van der Waals surface area (Å²) in [4.78, 5) is 0. The molecule has 0 N–H and O–H groups in total. The molecule has 1 saturated carbocycles. The number of hydrogen-bond acceptors (Lipinski definition) is 3. The minimum absolute atomic E-state index is 0.420. The Morgan fingerprint density at radius 1 is 1.21 bits per heavy atom. The van der Waals surface area contributed by atoms with E-state index in [1.165, 1.54) is 17.9 Å². The molecule has 0 aliphatic heterocycles. The molecule has 1 atom stereocenters. The van der Waals surface area contributed by atoms with Crippen molar-refractivity contribution in [3.63, 3.8) is 0 Å². The van der Waals surface area contributed by atoms with Crippen LogP contribution in [0.4, 0.5) is 0 Å². The van der Waals surface area contributed by atoms with Crippen LogP contribution in [0, 0.1) is 0 Å². The van der Waals surface area contributed by atoms with Gasteiger partial charge in [0.05, 0.1) is 10.2 Å². The molecule has 0 radical (unpaired) electrons. The average molecular weight is 251 g/mol. The number of rotatable bonds is 6. The minimum Gasteiger partial charge on any atom is -0.412 e. The highest BCUT2D eigenvalue weighted by Crippen LogP contribution is 2.59. The summed E-state index contributed by atoms with van der Waals surface area (Å²) in [6.45, 7) is 11.3. The van der Waals surface area contributed by atoms with Crippen molar-refractivity contribution in [1.29, 1.82) is 0 Å². The Balaban J connectivity index is 2.44. The molecule has 1 nitrogen and oxygen atoms in total. The van der Waals surface area contributed by atoms with Gasteiger partial charge in [-0.1, -0.05) is 13.8 Å². The van der Waals surface area contributed by atoms with Gasteiger partial charge in [-0.3, -0.25) is 0 Å². The van der Waals surface area contributed by atoms with E-state index < -0.39 is 8.32 Å². The van der Waals surface area contributed by atoms with E-state index in [2.05, 4.69) is 57.0 Å². The van der Waals surface area contributed by atoms with Crippen LogP contribution in [0.3, 0.4) is 0 Å². The highest BCUT2D eigenvalue weighted by Gasteiger charge is 2.56. The first-order valence-corrected chi connectivity index (χ1v) is 10.8. The molecule has 0 heterocycles. The molecule has 4 heteroatoms. The van der Waals surface area contributed by atoms with Crippen LogP contribution in [0.25, 0.3) is 0 Å². The van der Waals surface area contributed by atoms with Crippen LogP contribution in [0.1, 0.15) is 20.3 Å². The molecule has 0 bridgehead atoms. The summed E-state index contributed by atoms with van der Waals surface area (Å²) in [6.07, 6.45) is 1.79. The Kier molecular flexibility index (Phi) is 4.45. The molecule has 0 amide bonds. The summed E-state index contributed by atoms with van der Waals surface area (Å²) in [6, 6.07) is 0. The molecule has 0 aromatic heterocycles. The van der Waals surface area contributed by atoms with Gasteiger partial charge in [-0.2, -0.15) is 0 Å². The maximum absolute atomic E-state index is 6.17. The molecular formula is C10H22OS2Si. The first kappa shape index (κ1) is 12.9. The Hall–Kier alpha value is 0.877. The van der Waals surface area contributed by atoms with Crippen molar-refractivity contribution in [1.82, 2.24) is 0 Å². The summed E-state index contributed by atoms with van der Waals surface area (Å²) < 4.78 is 6.59. The normalized spacial score (nSPS) is 25.1. The monoisotopic (exact) mass is 250 g/mol. The second kappa shape index (κ2) is 4.81. The topological polar surface area (TPSA) is 9.23 Å². The van der Waals surface area contributed by atoms with Crippen LogP contribution >= 0.6 is 23.5 Å². The van der Waals surface area contributed by atoms with Gasteiger partial charge >= 0.3 is 0 Å². The second-order valence-corrected chi connectivity index (χ2v) is 12.5. The summed E-state index contributed by atoms with van der Waals surface area (Å²) in [7, 11) is -1.33. The number of hydrogen-bond donors (Lipinski definition) is 0. The van der Waals surface area contributed by atoms with E-state index >= 15 is 0 Å². The molecular weight excluding hydrogens is 228 g/mol. The van der Waals surface area contributed by atoms with E-state index in [0.29, 0.717) is 10.2 Å². The third-order valence-electron chi connectivity index (χ3n) is 2.07. The van der Waals surface area contributed by atoms with Crippen LogP contribution in [0.15, 0.2) is 0 Å². The van der Waals surface area contributed by atoms with Crippen molar-refractivity contribution in [2.75, 3.05) is 11.5 Å². The van der Waals surface area contributed by atoms with Gasteiger partial charge in [0, 0.05) is 6.42 Å². The Morgan fingerprint density at radius 3 is 2.07 bits per heavy atom. The first-order valence-electron chi connectivity index (χ1n) is 5.39. The fraction of sp³-hybridized carbons (Fsp3) is 1.00. The minimum atomic E-state index is -1.33. The van der Waals surface area contributed by atoms with E-state index in [9.17, 15) is 0 Å². The van der Waals surface area contributed by atoms with Crippen molar-refractivity contribution in [2.45, 2.75) is 50.1 Å². The fourth-order valence-electron chi connectivity index (χ4n) is 1.59. The zero-order valence-electron chi connectivity index (χ0n) is 9.92. The summed E-state index contributed by atoms with van der Waals surface area (Å²) >= 11 is 4.16. The Morgan fingerprint density at radius 2 is 1.71 bits per heavy atom. The van der Waals surface area contributed by atoms with Crippen molar-refractivity contribution in [2.24, 2.45) is 0 Å². The standard InChI is InChI=1S/C10H22OS2Si/c1-6-12-10(13-7-2)8-9(10)11-14(3,4)5/h9H,6-8H2,1-5H3. The van der Waals surface area contributed by atoms with Crippen molar-refractivity contribution >= 4 is 31.8 Å². The average Bonchev–Trinajstić information content (AvgIpc) is 2.60. The van der Waals surface area contributed by atoms with Gasteiger partial charge in [-0.15, -0.1) is 23.5 Å². The third-order valence-corrected chi connectivity index (χ3v) is 6.19. The zero-order valence-corrected chi connectivity index (χ0v) is 12.6. The van der Waals surface area contributed by atoms with Crippen LogP contribution < -0.4 is 0 Å². The Bertz CT molecular complexity index is 185. The molecule has 0 aromatic rings. The molecule has 0 spiro atoms. The van der Waals surface area contributed by atoms with E-state index in [0.717, 1.165) is 0 Å². The fourth-order valence-corrected chi connectivity index (χ4v) is 5.92. The maximum atomic E-state index is 6.17. The van der Waals surface area contributed by atoms with E-state index in [-0.39, 0.29) is 0 Å². The summed E-state index contributed by atoms with van der Waals surface area (Å²) in [5.41, 5.74) is 0. The summed E-state index contributed by atoms with van der Waals surface area (Å²) in [5.74, 6) is 2.41. The van der Waals surface area contributed by atoms with Crippen LogP contribution in [0.5, 0.6) is 0 Å². The van der Waals surface area contributed by atoms with E-state index in [1.807, 2.05) is 0 Å². The second-order valence-electron chi connectivity index (χ2n) is 4.60. The number of thioether (sulfide) groups is 2. The molecule has 1 rings (SSSR count). The lowest BCUT2D eigenvalue weighted by molar-refractivity contribution is 0.295. The highest BCUT2D eigenvalue weighted by atomic mass is 32.2. The largest absolute Gasteiger partial charge is 0.412 e. The quantitative estimate of drug-likeness (QED) is 0.524. The molecule has 1 fully saturated rings. The lowest BCUT2D eigenvalue weighted by atomic mass is 10.9. The van der Waals surface area contributed by atoms with Crippen LogP contribution in [-0.2, 0) is 4.43 Å². The molecule has 84 valence electrons. The van der Waals surface area contributed by atoms with E-state index in [4.69, 9.17) is 4.43 Å². The highest BCUT2D eigenvalue weighted by molar-refractivity contribution is 8.18. The first-order chi connectivity index (χ1) is 6.43. The predicted octanol–water partition coefficient (Wildman–Crippen LogP) is 3.81. The lowest BCUT2D eigenvalue weighted by Crippen LogP contribution is -2.29. The van der Waals surface area contributed by atoms with Crippen LogP contribution in [0.2, 0.25) is 19.6 Å². The van der Waals surface area contributed by atoms with Crippen LogP contribution in [-0.4, -0.2) is 30.0 Å².